The zero-order chi connectivity index (χ0) is 12.0. The summed E-state index contributed by atoms with van der Waals surface area (Å²) in [6, 6.07) is 7.99. The molecule has 16 heavy (non-hydrogen) atoms. The van der Waals surface area contributed by atoms with E-state index in [1.807, 2.05) is 31.2 Å². The molecule has 0 aromatic heterocycles. The van der Waals surface area contributed by atoms with Crippen LogP contribution in [-0.4, -0.2) is 17.7 Å². The molecule has 1 aromatic rings. The van der Waals surface area contributed by atoms with Gasteiger partial charge in [0.05, 0.1) is 5.56 Å². The summed E-state index contributed by atoms with van der Waals surface area (Å²) in [7, 11) is 0. The maximum Gasteiger partial charge on any atom is 0.252 e. The minimum atomic E-state index is 0.0332. The highest BCUT2D eigenvalue weighted by Gasteiger charge is 2.12. The molecule has 1 aromatic carbocycles. The van der Waals surface area contributed by atoms with E-state index in [0.717, 1.165) is 22.6 Å². The molecule has 1 N–H and O–H groups in total. The van der Waals surface area contributed by atoms with Gasteiger partial charge in [0.25, 0.3) is 5.91 Å². The van der Waals surface area contributed by atoms with Crippen molar-refractivity contribution in [3.63, 3.8) is 0 Å². The predicted octanol–water partition coefficient (Wildman–Crippen LogP) is 3.33. The van der Waals surface area contributed by atoms with Crippen LogP contribution in [0.25, 0.3) is 0 Å². The summed E-state index contributed by atoms with van der Waals surface area (Å²) in [5.74, 6) is 1.01. The van der Waals surface area contributed by atoms with Crippen LogP contribution in [0.2, 0.25) is 0 Å². The van der Waals surface area contributed by atoms with Crippen LogP contribution >= 0.6 is 11.8 Å². The number of thioether (sulfide) groups is 1. The fourth-order valence-corrected chi connectivity index (χ4v) is 2.14. The van der Waals surface area contributed by atoms with Gasteiger partial charge in [-0.3, -0.25) is 4.79 Å². The third kappa shape index (κ3) is 3.56. The fraction of sp³-hybridized carbons (Fsp3) is 0.462. The van der Waals surface area contributed by atoms with E-state index in [9.17, 15) is 4.79 Å². The quantitative estimate of drug-likeness (QED) is 0.796. The highest BCUT2D eigenvalue weighted by molar-refractivity contribution is 7.99. The zero-order valence-electron chi connectivity index (χ0n) is 10.1. The molecule has 0 saturated heterocycles. The smallest absolute Gasteiger partial charge is 0.252 e. The Morgan fingerprint density at radius 1 is 1.38 bits per heavy atom. The topological polar surface area (TPSA) is 29.1 Å². The van der Waals surface area contributed by atoms with Gasteiger partial charge in [0.15, 0.2) is 0 Å². The number of hydrogen-bond donors (Lipinski definition) is 1. The molecular weight excluding hydrogens is 218 g/mol. The van der Waals surface area contributed by atoms with Gasteiger partial charge in [-0.25, -0.2) is 0 Å². The van der Waals surface area contributed by atoms with Crippen LogP contribution < -0.4 is 5.32 Å². The summed E-state index contributed by atoms with van der Waals surface area (Å²) in [4.78, 5) is 13.0. The van der Waals surface area contributed by atoms with Crippen molar-refractivity contribution in [1.29, 1.82) is 0 Å². The SMILES string of the molecule is CCSc1ccccc1C(=O)N[C@@H](C)CC. The van der Waals surface area contributed by atoms with Crippen LogP contribution in [0.4, 0.5) is 0 Å². The Balaban J connectivity index is 2.81. The normalized spacial score (nSPS) is 12.2. The summed E-state index contributed by atoms with van der Waals surface area (Å²) in [5, 5.41) is 2.99. The lowest BCUT2D eigenvalue weighted by atomic mass is 10.2. The number of amides is 1. The molecule has 88 valence electrons. The summed E-state index contributed by atoms with van der Waals surface area (Å²) >= 11 is 1.70. The third-order valence-corrected chi connectivity index (χ3v) is 3.38. The Morgan fingerprint density at radius 3 is 2.69 bits per heavy atom. The summed E-state index contributed by atoms with van der Waals surface area (Å²) in [6.07, 6.45) is 0.953. The number of rotatable bonds is 5. The molecule has 1 amide bonds. The van der Waals surface area contributed by atoms with Gasteiger partial charge in [0, 0.05) is 10.9 Å². The van der Waals surface area contributed by atoms with E-state index in [2.05, 4.69) is 19.2 Å². The molecule has 1 rings (SSSR count). The standard InChI is InChI=1S/C13H19NOS/c1-4-10(3)14-13(15)11-8-6-7-9-12(11)16-5-2/h6-10H,4-5H2,1-3H3,(H,14,15)/t10-/m0/s1. The second-order valence-electron chi connectivity index (χ2n) is 3.71. The van der Waals surface area contributed by atoms with Crippen molar-refractivity contribution in [2.24, 2.45) is 0 Å². The van der Waals surface area contributed by atoms with Crippen LogP contribution in [0, 0.1) is 0 Å². The molecule has 0 radical (unpaired) electrons. The van der Waals surface area contributed by atoms with Gasteiger partial charge in [-0.15, -0.1) is 11.8 Å². The Labute approximate surface area is 102 Å². The molecule has 0 fully saturated rings. The van der Waals surface area contributed by atoms with Gasteiger partial charge in [-0.2, -0.15) is 0 Å². The Hall–Kier alpha value is -0.960. The largest absolute Gasteiger partial charge is 0.350 e. The van der Waals surface area contributed by atoms with Gasteiger partial charge in [-0.1, -0.05) is 26.0 Å². The van der Waals surface area contributed by atoms with Gasteiger partial charge < -0.3 is 5.32 Å². The van der Waals surface area contributed by atoms with E-state index < -0.39 is 0 Å². The van der Waals surface area contributed by atoms with Crippen molar-refractivity contribution in [2.45, 2.75) is 38.1 Å². The molecule has 3 heteroatoms. The number of nitrogens with one attached hydrogen (secondary N) is 1. The van der Waals surface area contributed by atoms with Crippen LogP contribution in [0.15, 0.2) is 29.2 Å². The lowest BCUT2D eigenvalue weighted by Crippen LogP contribution is -2.32. The molecule has 2 nitrogen and oxygen atoms in total. The second kappa shape index (κ2) is 6.59. The predicted molar refractivity (Wildman–Crippen MR) is 70.1 cm³/mol. The highest BCUT2D eigenvalue weighted by atomic mass is 32.2. The Kier molecular flexibility index (Phi) is 5.39. The summed E-state index contributed by atoms with van der Waals surface area (Å²) in [6.45, 7) is 6.18. The van der Waals surface area contributed by atoms with E-state index in [1.165, 1.54) is 0 Å². The average molecular weight is 237 g/mol. The Bertz CT molecular complexity index is 352. The lowest BCUT2D eigenvalue weighted by molar-refractivity contribution is 0.0936. The number of carbonyl (C=O) groups is 1. The summed E-state index contributed by atoms with van der Waals surface area (Å²) < 4.78 is 0. The fourth-order valence-electron chi connectivity index (χ4n) is 1.34. The van der Waals surface area contributed by atoms with Crippen LogP contribution in [0.1, 0.15) is 37.6 Å². The van der Waals surface area contributed by atoms with Crippen molar-refractivity contribution in [3.05, 3.63) is 29.8 Å². The number of hydrogen-bond acceptors (Lipinski definition) is 2. The monoisotopic (exact) mass is 237 g/mol. The van der Waals surface area contributed by atoms with Crippen molar-refractivity contribution in [1.82, 2.24) is 5.32 Å². The van der Waals surface area contributed by atoms with Gasteiger partial charge >= 0.3 is 0 Å². The molecule has 0 aliphatic heterocycles. The zero-order valence-corrected chi connectivity index (χ0v) is 10.9. The molecule has 0 unspecified atom stereocenters. The molecule has 1 atom stereocenters. The van der Waals surface area contributed by atoms with Crippen molar-refractivity contribution >= 4 is 17.7 Å². The molecule has 0 heterocycles. The second-order valence-corrected chi connectivity index (χ2v) is 5.02. The number of carbonyl (C=O) groups excluding carboxylic acids is 1. The van der Waals surface area contributed by atoms with E-state index in [0.29, 0.717) is 0 Å². The maximum absolute atomic E-state index is 12.0. The van der Waals surface area contributed by atoms with E-state index in [1.54, 1.807) is 11.8 Å². The minimum Gasteiger partial charge on any atom is -0.350 e. The van der Waals surface area contributed by atoms with Gasteiger partial charge in [0.2, 0.25) is 0 Å². The Morgan fingerprint density at radius 2 is 2.06 bits per heavy atom. The van der Waals surface area contributed by atoms with Gasteiger partial charge in [0.1, 0.15) is 0 Å². The first-order valence-corrected chi connectivity index (χ1v) is 6.70. The van der Waals surface area contributed by atoms with E-state index >= 15 is 0 Å². The molecule has 0 bridgehead atoms. The first-order valence-electron chi connectivity index (χ1n) is 5.71. The molecule has 0 spiro atoms. The van der Waals surface area contributed by atoms with Crippen molar-refractivity contribution in [2.75, 3.05) is 5.75 Å². The molecular formula is C13H19NOS. The third-order valence-electron chi connectivity index (χ3n) is 2.42. The van der Waals surface area contributed by atoms with Crippen LogP contribution in [0.5, 0.6) is 0 Å². The van der Waals surface area contributed by atoms with Crippen LogP contribution in [0.3, 0.4) is 0 Å². The first kappa shape index (κ1) is 13.1. The van der Waals surface area contributed by atoms with E-state index in [-0.39, 0.29) is 11.9 Å². The van der Waals surface area contributed by atoms with Crippen molar-refractivity contribution < 1.29 is 4.79 Å². The highest BCUT2D eigenvalue weighted by Crippen LogP contribution is 2.22. The molecule has 0 saturated carbocycles. The number of benzene rings is 1. The van der Waals surface area contributed by atoms with Gasteiger partial charge in [-0.05, 0) is 31.2 Å². The minimum absolute atomic E-state index is 0.0332. The van der Waals surface area contributed by atoms with E-state index in [4.69, 9.17) is 0 Å². The average Bonchev–Trinajstić information content (AvgIpc) is 2.30. The maximum atomic E-state index is 12.0. The first-order chi connectivity index (χ1) is 7.69. The molecule has 0 aliphatic carbocycles. The lowest BCUT2D eigenvalue weighted by Gasteiger charge is -2.13. The molecule has 0 aliphatic rings. The van der Waals surface area contributed by atoms with Crippen LogP contribution in [-0.2, 0) is 0 Å². The van der Waals surface area contributed by atoms with Crippen molar-refractivity contribution in [3.8, 4) is 0 Å². The summed E-state index contributed by atoms with van der Waals surface area (Å²) in [5.41, 5.74) is 0.787.